The molecule has 10 heteroatoms. The maximum Gasteiger partial charge on any atom is 0.341 e. The van der Waals surface area contributed by atoms with Crippen molar-refractivity contribution < 1.29 is 14.3 Å². The molecule has 0 saturated carbocycles. The number of carbonyl (C=O) groups is 2. The maximum absolute atomic E-state index is 12.8. The van der Waals surface area contributed by atoms with Crippen LogP contribution >= 0.6 is 23.1 Å². The van der Waals surface area contributed by atoms with Crippen LogP contribution in [-0.2, 0) is 28.8 Å². The normalized spacial score (nSPS) is 12.2. The number of nitrogens with one attached hydrogen (secondary N) is 1. The number of thioether (sulfide) groups is 1. The van der Waals surface area contributed by atoms with Gasteiger partial charge in [-0.25, -0.2) is 9.78 Å². The highest BCUT2D eigenvalue weighted by molar-refractivity contribution is 7.99. The van der Waals surface area contributed by atoms with E-state index >= 15 is 0 Å². The van der Waals surface area contributed by atoms with Crippen LogP contribution < -0.4 is 11.1 Å². The number of benzene rings is 1. The number of hydrogen-bond acceptors (Lipinski definition) is 9. The molecule has 0 spiro atoms. The summed E-state index contributed by atoms with van der Waals surface area (Å²) >= 11 is 2.67. The van der Waals surface area contributed by atoms with Gasteiger partial charge in [-0.15, -0.1) is 23.1 Å². The topological polar surface area (TPSA) is 142 Å². The number of nitrogens with two attached hydrogens (primary N) is 1. The summed E-state index contributed by atoms with van der Waals surface area (Å²) in [4.78, 5) is 30.7. The van der Waals surface area contributed by atoms with E-state index in [2.05, 4.69) is 29.4 Å². The molecular weight excluding hydrogens is 518 g/mol. The Morgan fingerprint density at radius 1 is 1.16 bits per heavy atom. The lowest BCUT2D eigenvalue weighted by Crippen LogP contribution is -2.15. The molecule has 0 unspecified atom stereocenters. The summed E-state index contributed by atoms with van der Waals surface area (Å²) in [5.74, 6) is -0.327. The minimum absolute atomic E-state index is 0.0416. The van der Waals surface area contributed by atoms with Gasteiger partial charge in [-0.05, 0) is 48.8 Å². The van der Waals surface area contributed by atoms with Crippen LogP contribution in [0.2, 0.25) is 0 Å². The molecule has 38 heavy (non-hydrogen) atoms. The van der Waals surface area contributed by atoms with E-state index in [9.17, 15) is 20.1 Å². The van der Waals surface area contributed by atoms with E-state index < -0.39 is 5.97 Å². The van der Waals surface area contributed by atoms with Crippen molar-refractivity contribution in [2.24, 2.45) is 0 Å². The van der Waals surface area contributed by atoms with E-state index in [1.54, 1.807) is 0 Å². The first-order chi connectivity index (χ1) is 18.4. The Balaban J connectivity index is 1.53. The van der Waals surface area contributed by atoms with Crippen LogP contribution in [0.4, 0.5) is 10.8 Å². The molecule has 1 aliphatic rings. The van der Waals surface area contributed by atoms with Crippen molar-refractivity contribution in [1.82, 2.24) is 4.98 Å². The lowest BCUT2D eigenvalue weighted by molar-refractivity contribution is -0.115. The third-order valence-corrected chi connectivity index (χ3v) is 8.63. The second kappa shape index (κ2) is 12.1. The van der Waals surface area contributed by atoms with Gasteiger partial charge in [0.05, 0.1) is 18.2 Å². The number of ether oxygens (including phenoxy) is 1. The van der Waals surface area contributed by atoms with Gasteiger partial charge in [0.1, 0.15) is 33.5 Å². The fraction of sp³-hybridized carbons (Fsp3) is 0.321. The maximum atomic E-state index is 12.8. The smallest absolute Gasteiger partial charge is 0.341 e. The first-order valence-corrected chi connectivity index (χ1v) is 14.1. The monoisotopic (exact) mass is 545 g/mol. The van der Waals surface area contributed by atoms with Gasteiger partial charge in [0.15, 0.2) is 0 Å². The van der Waals surface area contributed by atoms with Gasteiger partial charge in [-0.1, -0.05) is 31.2 Å². The van der Waals surface area contributed by atoms with E-state index in [0.717, 1.165) is 48.1 Å². The molecule has 1 aliphatic carbocycles. The van der Waals surface area contributed by atoms with Crippen LogP contribution in [0.5, 0.6) is 0 Å². The number of carbonyl (C=O) groups excluding carboxylic acids is 2. The number of nitrogen functional groups attached to an aromatic ring is 1. The molecule has 0 saturated heterocycles. The number of anilines is 2. The number of nitrogens with zero attached hydrogens (tertiary/aromatic N) is 3. The van der Waals surface area contributed by atoms with Crippen LogP contribution in [0.3, 0.4) is 0 Å². The second-order valence-corrected chi connectivity index (χ2v) is 10.9. The van der Waals surface area contributed by atoms with E-state index in [4.69, 9.17) is 10.5 Å². The van der Waals surface area contributed by atoms with E-state index in [1.165, 1.54) is 30.2 Å². The third-order valence-electron chi connectivity index (χ3n) is 6.45. The predicted octanol–water partition coefficient (Wildman–Crippen LogP) is 5.48. The number of hydrogen-bond donors (Lipinski definition) is 2. The number of pyridine rings is 1. The highest BCUT2D eigenvalue weighted by atomic mass is 32.2. The van der Waals surface area contributed by atoms with Crippen molar-refractivity contribution in [2.45, 2.75) is 50.5 Å². The van der Waals surface area contributed by atoms with Gasteiger partial charge < -0.3 is 15.8 Å². The Morgan fingerprint density at radius 3 is 2.53 bits per heavy atom. The minimum atomic E-state index is -0.440. The SMILES string of the molecule is CCc1ccc(-c2c(C#N)c(N)nc(SCCC(=O)Nc3sc4c(c3C(=O)OC)CCCC4)c2C#N)cc1. The first-order valence-electron chi connectivity index (χ1n) is 12.3. The quantitative estimate of drug-likeness (QED) is 0.280. The lowest BCUT2D eigenvalue weighted by Gasteiger charge is -2.13. The first kappa shape index (κ1) is 27.2. The molecule has 0 bridgehead atoms. The van der Waals surface area contributed by atoms with Crippen molar-refractivity contribution in [3.05, 3.63) is 57.0 Å². The molecule has 2 heterocycles. The molecule has 194 valence electrons. The molecule has 0 aliphatic heterocycles. The Morgan fingerprint density at radius 2 is 1.87 bits per heavy atom. The summed E-state index contributed by atoms with van der Waals surface area (Å²) in [6.45, 7) is 2.05. The summed E-state index contributed by atoms with van der Waals surface area (Å²) < 4.78 is 4.98. The van der Waals surface area contributed by atoms with Gasteiger partial charge >= 0.3 is 5.97 Å². The van der Waals surface area contributed by atoms with Gasteiger partial charge in [0.25, 0.3) is 0 Å². The zero-order valence-electron chi connectivity index (χ0n) is 21.2. The summed E-state index contributed by atoms with van der Waals surface area (Å²) in [7, 11) is 1.34. The molecule has 0 radical (unpaired) electrons. The van der Waals surface area contributed by atoms with Crippen LogP contribution in [0.1, 0.15) is 63.7 Å². The second-order valence-electron chi connectivity index (χ2n) is 8.75. The molecule has 0 atom stereocenters. The molecule has 0 fully saturated rings. The number of rotatable bonds is 8. The fourth-order valence-electron chi connectivity index (χ4n) is 4.50. The average Bonchev–Trinajstić information content (AvgIpc) is 3.30. The summed E-state index contributed by atoms with van der Waals surface area (Å²) in [6.07, 6.45) is 4.75. The zero-order valence-corrected chi connectivity index (χ0v) is 22.9. The number of aryl methyl sites for hydroxylation is 2. The van der Waals surface area contributed by atoms with Crippen molar-refractivity contribution in [3.63, 3.8) is 0 Å². The zero-order chi connectivity index (χ0) is 27.2. The molecule has 2 aromatic heterocycles. The Labute approximate surface area is 229 Å². The number of methoxy groups -OCH3 is 1. The van der Waals surface area contributed by atoms with Crippen LogP contribution in [0.25, 0.3) is 11.1 Å². The van der Waals surface area contributed by atoms with Crippen molar-refractivity contribution in [1.29, 1.82) is 10.5 Å². The highest BCUT2D eigenvalue weighted by Gasteiger charge is 2.27. The van der Waals surface area contributed by atoms with Crippen LogP contribution in [0, 0.1) is 22.7 Å². The number of thiophene rings is 1. The van der Waals surface area contributed by atoms with Crippen molar-refractivity contribution in [3.8, 4) is 23.3 Å². The van der Waals surface area contributed by atoms with E-state index in [-0.39, 0.29) is 29.3 Å². The number of esters is 1. The van der Waals surface area contributed by atoms with E-state index in [0.29, 0.717) is 32.5 Å². The minimum Gasteiger partial charge on any atom is -0.465 e. The van der Waals surface area contributed by atoms with Crippen LogP contribution in [-0.4, -0.2) is 29.7 Å². The molecular formula is C28H27N5O3S2. The van der Waals surface area contributed by atoms with Crippen molar-refractivity contribution in [2.75, 3.05) is 23.9 Å². The summed E-state index contributed by atoms with van der Waals surface area (Å²) in [5, 5.41) is 23.5. The lowest BCUT2D eigenvalue weighted by atomic mass is 9.95. The molecule has 3 N–H and O–H groups in total. The Kier molecular flexibility index (Phi) is 8.67. The molecule has 4 rings (SSSR count). The largest absolute Gasteiger partial charge is 0.465 e. The highest BCUT2D eigenvalue weighted by Crippen LogP contribution is 2.39. The van der Waals surface area contributed by atoms with Gasteiger partial charge in [0.2, 0.25) is 5.91 Å². The summed E-state index contributed by atoms with van der Waals surface area (Å²) in [5.41, 5.74) is 10.3. The number of fused-ring (bicyclic) bond motifs is 1. The Hall–Kier alpha value is -3.86. The number of aromatic nitrogens is 1. The predicted molar refractivity (Wildman–Crippen MR) is 149 cm³/mol. The fourth-order valence-corrected chi connectivity index (χ4v) is 6.73. The van der Waals surface area contributed by atoms with Gasteiger partial charge in [-0.3, -0.25) is 4.79 Å². The van der Waals surface area contributed by atoms with Crippen LogP contribution in [0.15, 0.2) is 29.3 Å². The third kappa shape index (κ3) is 5.52. The number of nitriles is 2. The average molecular weight is 546 g/mol. The van der Waals surface area contributed by atoms with Gasteiger partial charge in [-0.2, -0.15) is 10.5 Å². The summed E-state index contributed by atoms with van der Waals surface area (Å²) in [6, 6.07) is 11.9. The molecule has 8 nitrogen and oxygen atoms in total. The molecule has 1 amide bonds. The molecule has 3 aromatic rings. The number of amides is 1. The molecule has 1 aromatic carbocycles. The van der Waals surface area contributed by atoms with Gasteiger partial charge in [0, 0.05) is 22.6 Å². The van der Waals surface area contributed by atoms with E-state index in [1.807, 2.05) is 24.3 Å². The van der Waals surface area contributed by atoms with Crippen molar-refractivity contribution >= 4 is 45.8 Å². The standard InChI is InChI=1S/C28H27N5O3S2/c1-3-16-8-10-17(11-9-16)23-19(14-29)25(31)33-26(20(23)15-30)37-13-12-22(34)32-27-24(28(35)36-2)18-6-4-5-7-21(18)38-27/h8-11H,3-7,12-13H2,1-2H3,(H2,31,33)(H,32,34). The Bertz CT molecular complexity index is 1470.